The van der Waals surface area contributed by atoms with Gasteiger partial charge in [-0.15, -0.1) is 0 Å². The fourth-order valence-corrected chi connectivity index (χ4v) is 3.71. The molecule has 1 aromatic carbocycles. The van der Waals surface area contributed by atoms with Gasteiger partial charge in [0.2, 0.25) is 0 Å². The van der Waals surface area contributed by atoms with Crippen LogP contribution in [-0.4, -0.2) is 5.11 Å². The highest BCUT2D eigenvalue weighted by Crippen LogP contribution is 2.39. The molecule has 0 fully saturated rings. The number of rotatable bonds is 7. The van der Waals surface area contributed by atoms with Crippen LogP contribution in [-0.2, 0) is 10.8 Å². The molecule has 0 amide bonds. The topological polar surface area (TPSA) is 20.2 Å². The van der Waals surface area contributed by atoms with E-state index in [9.17, 15) is 5.11 Å². The summed E-state index contributed by atoms with van der Waals surface area (Å²) in [5.74, 6) is 0.389. The molecular weight excluding hydrogens is 364 g/mol. The van der Waals surface area contributed by atoms with Crippen LogP contribution in [0, 0.1) is 5.41 Å². The average molecular weight is 403 g/mol. The van der Waals surface area contributed by atoms with Crippen molar-refractivity contribution in [1.29, 1.82) is 0 Å². The molecule has 1 aromatic rings. The minimum atomic E-state index is -0.353. The molecule has 0 heterocycles. The van der Waals surface area contributed by atoms with E-state index in [2.05, 4.69) is 95.8 Å². The van der Waals surface area contributed by atoms with Crippen molar-refractivity contribution < 1.29 is 5.11 Å². The fraction of sp³-hybridized carbons (Fsp3) is 0.379. The highest BCUT2D eigenvalue weighted by molar-refractivity contribution is 5.48. The second-order valence-electron chi connectivity index (χ2n) is 9.72. The highest BCUT2D eigenvalue weighted by Gasteiger charge is 2.30. The molecule has 1 N–H and O–H groups in total. The van der Waals surface area contributed by atoms with Gasteiger partial charge in [0.05, 0.1) is 0 Å². The number of allylic oxidation sites excluding steroid dienone is 10. The maximum Gasteiger partial charge on any atom is 0.102 e. The molecular formula is C29H38O. The van der Waals surface area contributed by atoms with Gasteiger partial charge in [0.25, 0.3) is 0 Å². The van der Waals surface area contributed by atoms with Crippen molar-refractivity contribution in [3.8, 4) is 0 Å². The molecule has 0 aliphatic heterocycles. The zero-order valence-corrected chi connectivity index (χ0v) is 19.8. The SMILES string of the molecule is C=C/C(=C\C=C/CC)C(C)(C)c1cccc(C(C)(C)C2=CC=C(O)C(C)(C)C=C2)c1. The molecule has 0 saturated carbocycles. The molecule has 0 aromatic heterocycles. The summed E-state index contributed by atoms with van der Waals surface area (Å²) in [5.41, 5.74) is 4.20. The molecule has 0 radical (unpaired) electrons. The van der Waals surface area contributed by atoms with Crippen LogP contribution in [0.5, 0.6) is 0 Å². The van der Waals surface area contributed by atoms with Gasteiger partial charge in [-0.3, -0.25) is 0 Å². The molecule has 0 spiro atoms. The molecule has 1 heteroatoms. The summed E-state index contributed by atoms with van der Waals surface area (Å²) in [6.07, 6.45) is 17.6. The van der Waals surface area contributed by atoms with E-state index in [1.807, 2.05) is 32.1 Å². The van der Waals surface area contributed by atoms with Crippen LogP contribution in [0.3, 0.4) is 0 Å². The van der Waals surface area contributed by atoms with Crippen molar-refractivity contribution in [2.45, 2.75) is 65.7 Å². The van der Waals surface area contributed by atoms with E-state index < -0.39 is 0 Å². The maximum absolute atomic E-state index is 10.3. The van der Waals surface area contributed by atoms with Crippen LogP contribution < -0.4 is 0 Å². The van der Waals surface area contributed by atoms with Crippen LogP contribution in [0.4, 0.5) is 0 Å². The first-order valence-electron chi connectivity index (χ1n) is 10.9. The Morgan fingerprint density at radius 1 is 1.10 bits per heavy atom. The largest absolute Gasteiger partial charge is 0.511 e. The lowest BCUT2D eigenvalue weighted by molar-refractivity contribution is 0.303. The van der Waals surface area contributed by atoms with Crippen molar-refractivity contribution in [3.63, 3.8) is 0 Å². The summed E-state index contributed by atoms with van der Waals surface area (Å²) in [4.78, 5) is 0. The van der Waals surface area contributed by atoms with E-state index in [1.54, 1.807) is 0 Å². The second-order valence-corrected chi connectivity index (χ2v) is 9.72. The molecule has 160 valence electrons. The number of hydrogen-bond donors (Lipinski definition) is 1. The minimum Gasteiger partial charge on any atom is -0.511 e. The number of aliphatic hydroxyl groups excluding tert-OH is 1. The fourth-order valence-electron chi connectivity index (χ4n) is 3.71. The quantitative estimate of drug-likeness (QED) is 0.455. The Labute approximate surface area is 183 Å². The Hall–Kier alpha value is -2.54. The second kappa shape index (κ2) is 9.08. The summed E-state index contributed by atoms with van der Waals surface area (Å²) in [6.45, 7) is 19.2. The lowest BCUT2D eigenvalue weighted by Crippen LogP contribution is -2.23. The van der Waals surface area contributed by atoms with E-state index >= 15 is 0 Å². The van der Waals surface area contributed by atoms with Crippen LogP contribution in [0.1, 0.15) is 66.0 Å². The third kappa shape index (κ3) is 4.95. The predicted molar refractivity (Wildman–Crippen MR) is 132 cm³/mol. The number of hydrogen-bond acceptors (Lipinski definition) is 1. The van der Waals surface area contributed by atoms with Gasteiger partial charge in [0.15, 0.2) is 0 Å². The van der Waals surface area contributed by atoms with Gasteiger partial charge in [-0.05, 0) is 48.6 Å². The zero-order valence-electron chi connectivity index (χ0n) is 19.8. The zero-order chi connectivity index (χ0) is 22.6. The number of benzene rings is 1. The third-order valence-electron chi connectivity index (χ3n) is 6.38. The monoisotopic (exact) mass is 402 g/mol. The van der Waals surface area contributed by atoms with Crippen LogP contribution in [0.25, 0.3) is 0 Å². The molecule has 2 rings (SSSR count). The number of aliphatic hydroxyl groups is 1. The van der Waals surface area contributed by atoms with Gasteiger partial charge < -0.3 is 5.11 Å². The summed E-state index contributed by atoms with van der Waals surface area (Å²) < 4.78 is 0. The lowest BCUT2D eigenvalue weighted by Gasteiger charge is -2.31. The normalized spacial score (nSPS) is 17.5. The first-order valence-corrected chi connectivity index (χ1v) is 10.9. The standard InChI is InChI=1S/C29H38O/c1-9-11-12-14-22(10-2)28(5,6)24-15-13-16-25(21-24)29(7,8)23-17-18-26(30)27(3,4)20-19-23/h10-21,30H,2,9H2,1,3-8H3/b12-11-,22-14+. The molecule has 30 heavy (non-hydrogen) atoms. The van der Waals surface area contributed by atoms with Gasteiger partial charge >= 0.3 is 0 Å². The van der Waals surface area contributed by atoms with Crippen LogP contribution in [0.2, 0.25) is 0 Å². The van der Waals surface area contributed by atoms with E-state index in [-0.39, 0.29) is 16.2 Å². The van der Waals surface area contributed by atoms with Gasteiger partial charge in [-0.2, -0.15) is 0 Å². The minimum absolute atomic E-state index is 0.153. The Morgan fingerprint density at radius 3 is 2.40 bits per heavy atom. The van der Waals surface area contributed by atoms with Gasteiger partial charge in [0.1, 0.15) is 5.76 Å². The maximum atomic E-state index is 10.3. The highest BCUT2D eigenvalue weighted by atomic mass is 16.3. The van der Waals surface area contributed by atoms with Gasteiger partial charge in [-0.1, -0.05) is 108 Å². The van der Waals surface area contributed by atoms with Crippen LogP contribution >= 0.6 is 0 Å². The third-order valence-corrected chi connectivity index (χ3v) is 6.38. The Bertz CT molecular complexity index is 927. The summed E-state index contributed by atoms with van der Waals surface area (Å²) >= 11 is 0. The predicted octanol–water partition coefficient (Wildman–Crippen LogP) is 8.28. The van der Waals surface area contributed by atoms with E-state index in [0.29, 0.717) is 5.76 Å². The lowest BCUT2D eigenvalue weighted by atomic mass is 9.72. The molecule has 0 unspecified atom stereocenters. The van der Waals surface area contributed by atoms with E-state index in [0.717, 1.165) is 6.42 Å². The van der Waals surface area contributed by atoms with Crippen molar-refractivity contribution in [3.05, 3.63) is 107 Å². The summed E-state index contributed by atoms with van der Waals surface area (Å²) in [7, 11) is 0. The van der Waals surface area contributed by atoms with E-state index in [4.69, 9.17) is 0 Å². The first kappa shape index (κ1) is 23.7. The molecule has 0 saturated heterocycles. The summed E-state index contributed by atoms with van der Waals surface area (Å²) in [5, 5.41) is 10.3. The smallest absolute Gasteiger partial charge is 0.102 e. The molecule has 0 bridgehead atoms. The molecule has 0 atom stereocenters. The van der Waals surface area contributed by atoms with Crippen molar-refractivity contribution in [1.82, 2.24) is 0 Å². The van der Waals surface area contributed by atoms with Crippen molar-refractivity contribution in [2.75, 3.05) is 0 Å². The first-order chi connectivity index (χ1) is 14.0. The van der Waals surface area contributed by atoms with Gasteiger partial charge in [0, 0.05) is 16.2 Å². The van der Waals surface area contributed by atoms with Crippen molar-refractivity contribution in [2.24, 2.45) is 5.41 Å². The Morgan fingerprint density at radius 2 is 1.77 bits per heavy atom. The van der Waals surface area contributed by atoms with Crippen molar-refractivity contribution >= 4 is 0 Å². The van der Waals surface area contributed by atoms with Crippen LogP contribution in [0.15, 0.2) is 96.4 Å². The molecule has 1 aliphatic carbocycles. The van der Waals surface area contributed by atoms with Gasteiger partial charge in [-0.25, -0.2) is 0 Å². The average Bonchev–Trinajstić information content (AvgIpc) is 2.83. The summed E-state index contributed by atoms with van der Waals surface area (Å²) in [6, 6.07) is 8.86. The molecule has 1 aliphatic rings. The Balaban J connectivity index is 2.49. The Kier molecular flexibility index (Phi) is 7.18. The van der Waals surface area contributed by atoms with E-state index in [1.165, 1.54) is 22.3 Å². The molecule has 1 nitrogen and oxygen atoms in total.